The molecule has 0 radical (unpaired) electrons. The summed E-state index contributed by atoms with van der Waals surface area (Å²) in [5.74, 6) is -0.410. The van der Waals surface area contributed by atoms with Crippen LogP contribution in [0, 0.1) is 5.82 Å². The molecule has 1 aromatic carbocycles. The number of nitrogens with two attached hydrogens (primary N) is 1. The van der Waals surface area contributed by atoms with Crippen molar-refractivity contribution in [2.75, 3.05) is 7.05 Å². The Labute approximate surface area is 144 Å². The van der Waals surface area contributed by atoms with Gasteiger partial charge in [-0.15, -0.1) is 0 Å². The van der Waals surface area contributed by atoms with Crippen molar-refractivity contribution in [1.29, 1.82) is 0 Å². The molecule has 0 bridgehead atoms. The first kappa shape index (κ1) is 16.4. The summed E-state index contributed by atoms with van der Waals surface area (Å²) in [6, 6.07) is 8.03. The molecule has 2 N–H and O–H groups in total. The van der Waals surface area contributed by atoms with Crippen LogP contribution in [0.5, 0.6) is 0 Å². The van der Waals surface area contributed by atoms with Gasteiger partial charge in [0.1, 0.15) is 5.82 Å². The number of hydrogen-bond acceptors (Lipinski definition) is 4. The number of rotatable bonds is 2. The summed E-state index contributed by atoms with van der Waals surface area (Å²) in [5, 5.41) is 0.0302. The predicted octanol–water partition coefficient (Wildman–Crippen LogP) is 2.93. The minimum absolute atomic E-state index is 0.0302. The van der Waals surface area contributed by atoms with E-state index in [9.17, 15) is 9.18 Å². The Morgan fingerprint density at radius 3 is 2.75 bits per heavy atom. The van der Waals surface area contributed by atoms with E-state index < -0.39 is 11.4 Å². The Hall–Kier alpha value is -2.47. The number of pyridine rings is 1. The first-order chi connectivity index (χ1) is 11.3. The molecule has 1 atom stereocenters. The van der Waals surface area contributed by atoms with Crippen LogP contribution in [-0.2, 0) is 10.3 Å². The molecule has 3 rings (SSSR count). The van der Waals surface area contributed by atoms with E-state index in [-0.39, 0.29) is 23.3 Å². The second-order valence-electron chi connectivity index (χ2n) is 5.93. The standard InChI is InChI=1S/C17H16ClFN4O/c1-17(9-15(24)23(2)16(20)22-17)11-5-6-21-14(8-11)10-3-4-13(19)12(18)7-10/h3-8H,9H2,1-2H3,(H2,20,22)/t17-/m0/s1. The minimum Gasteiger partial charge on any atom is -0.369 e. The monoisotopic (exact) mass is 346 g/mol. The fraction of sp³-hybridized carbons (Fsp3) is 0.235. The summed E-state index contributed by atoms with van der Waals surface area (Å²) in [6.45, 7) is 1.85. The molecule has 24 heavy (non-hydrogen) atoms. The number of carbonyl (C=O) groups is 1. The van der Waals surface area contributed by atoms with E-state index in [1.165, 1.54) is 17.0 Å². The van der Waals surface area contributed by atoms with Gasteiger partial charge in [-0.2, -0.15) is 0 Å². The normalized spacial score (nSPS) is 20.9. The average molecular weight is 347 g/mol. The Morgan fingerprint density at radius 1 is 1.33 bits per heavy atom. The lowest BCUT2D eigenvalue weighted by Crippen LogP contribution is -2.47. The number of benzene rings is 1. The van der Waals surface area contributed by atoms with E-state index >= 15 is 0 Å². The fourth-order valence-corrected chi connectivity index (χ4v) is 2.83. The zero-order chi connectivity index (χ0) is 17.5. The third-order valence-electron chi connectivity index (χ3n) is 4.17. The summed E-state index contributed by atoms with van der Waals surface area (Å²) in [7, 11) is 1.60. The lowest BCUT2D eigenvalue weighted by atomic mass is 9.87. The van der Waals surface area contributed by atoms with Gasteiger partial charge in [-0.05, 0) is 42.8 Å². The van der Waals surface area contributed by atoms with Gasteiger partial charge in [0.2, 0.25) is 5.91 Å². The van der Waals surface area contributed by atoms with Gasteiger partial charge in [-0.3, -0.25) is 14.7 Å². The lowest BCUT2D eigenvalue weighted by molar-refractivity contribution is -0.128. The molecule has 0 aliphatic carbocycles. The van der Waals surface area contributed by atoms with Crippen molar-refractivity contribution in [3.63, 3.8) is 0 Å². The molecule has 7 heteroatoms. The molecule has 0 unspecified atom stereocenters. The Kier molecular flexibility index (Phi) is 4.01. The molecule has 1 aliphatic heterocycles. The molecule has 0 saturated carbocycles. The van der Waals surface area contributed by atoms with Crippen LogP contribution in [0.1, 0.15) is 18.9 Å². The number of guanidine groups is 1. The number of nitrogens with zero attached hydrogens (tertiary/aromatic N) is 3. The second-order valence-corrected chi connectivity index (χ2v) is 6.34. The zero-order valence-corrected chi connectivity index (χ0v) is 14.0. The molecule has 2 aromatic rings. The van der Waals surface area contributed by atoms with Gasteiger partial charge in [0.05, 0.1) is 22.7 Å². The molecule has 1 amide bonds. The van der Waals surface area contributed by atoms with Crippen LogP contribution in [0.25, 0.3) is 11.3 Å². The van der Waals surface area contributed by atoms with E-state index in [0.29, 0.717) is 11.3 Å². The van der Waals surface area contributed by atoms with Gasteiger partial charge in [-0.1, -0.05) is 11.6 Å². The number of carbonyl (C=O) groups excluding carboxylic acids is 1. The van der Waals surface area contributed by atoms with Crippen LogP contribution in [-0.4, -0.2) is 28.8 Å². The van der Waals surface area contributed by atoms with E-state index in [0.717, 1.165) is 5.56 Å². The number of aromatic nitrogens is 1. The van der Waals surface area contributed by atoms with Crippen molar-refractivity contribution in [1.82, 2.24) is 9.88 Å². The molecule has 1 aliphatic rings. The van der Waals surface area contributed by atoms with Gasteiger partial charge < -0.3 is 5.73 Å². The van der Waals surface area contributed by atoms with Gasteiger partial charge in [0.15, 0.2) is 5.96 Å². The molecule has 0 fully saturated rings. The van der Waals surface area contributed by atoms with Crippen LogP contribution >= 0.6 is 11.6 Å². The highest BCUT2D eigenvalue weighted by molar-refractivity contribution is 6.31. The maximum absolute atomic E-state index is 13.3. The van der Waals surface area contributed by atoms with Crippen molar-refractivity contribution in [3.8, 4) is 11.3 Å². The molecule has 0 saturated heterocycles. The van der Waals surface area contributed by atoms with Crippen molar-refractivity contribution < 1.29 is 9.18 Å². The second kappa shape index (κ2) is 5.87. The molecule has 124 valence electrons. The summed E-state index contributed by atoms with van der Waals surface area (Å²) in [6.07, 6.45) is 1.83. The summed E-state index contributed by atoms with van der Waals surface area (Å²) >= 11 is 5.84. The van der Waals surface area contributed by atoms with Crippen molar-refractivity contribution in [3.05, 3.63) is 52.9 Å². The Bertz CT molecular complexity index is 854. The highest BCUT2D eigenvalue weighted by Gasteiger charge is 2.36. The zero-order valence-electron chi connectivity index (χ0n) is 13.3. The molecular formula is C17H16ClFN4O. The largest absolute Gasteiger partial charge is 0.369 e. The average Bonchev–Trinajstić information content (AvgIpc) is 2.55. The topological polar surface area (TPSA) is 71.6 Å². The van der Waals surface area contributed by atoms with Gasteiger partial charge >= 0.3 is 0 Å². The smallest absolute Gasteiger partial charge is 0.231 e. The summed E-state index contributed by atoms with van der Waals surface area (Å²) < 4.78 is 13.3. The minimum atomic E-state index is -0.769. The van der Waals surface area contributed by atoms with E-state index in [1.54, 1.807) is 25.4 Å². The van der Waals surface area contributed by atoms with Gasteiger partial charge in [-0.25, -0.2) is 9.38 Å². The van der Waals surface area contributed by atoms with Crippen LogP contribution in [0.15, 0.2) is 41.5 Å². The van der Waals surface area contributed by atoms with Crippen molar-refractivity contribution >= 4 is 23.5 Å². The molecule has 1 aromatic heterocycles. The molecule has 2 heterocycles. The van der Waals surface area contributed by atoms with Crippen molar-refractivity contribution in [2.45, 2.75) is 18.9 Å². The first-order valence-corrected chi connectivity index (χ1v) is 7.72. The molecule has 0 spiro atoms. The highest BCUT2D eigenvalue weighted by atomic mass is 35.5. The SMILES string of the molecule is CN1C(=O)C[C@@](C)(c2ccnc(-c3ccc(F)c(Cl)c3)c2)N=C1N. The maximum atomic E-state index is 13.3. The van der Waals surface area contributed by atoms with E-state index in [1.807, 2.05) is 13.0 Å². The Balaban J connectivity index is 2.05. The van der Waals surface area contributed by atoms with E-state index in [2.05, 4.69) is 9.98 Å². The summed E-state index contributed by atoms with van der Waals surface area (Å²) in [4.78, 5) is 22.2. The third-order valence-corrected chi connectivity index (χ3v) is 4.46. The third kappa shape index (κ3) is 2.85. The molecule has 5 nitrogen and oxygen atoms in total. The summed E-state index contributed by atoms with van der Waals surface area (Å²) in [5.41, 5.74) is 7.19. The fourth-order valence-electron chi connectivity index (χ4n) is 2.65. The number of amides is 1. The van der Waals surface area contributed by atoms with Gasteiger partial charge in [0.25, 0.3) is 0 Å². The lowest BCUT2D eigenvalue weighted by Gasteiger charge is -2.33. The highest BCUT2D eigenvalue weighted by Crippen LogP contribution is 2.34. The predicted molar refractivity (Wildman–Crippen MR) is 91.0 cm³/mol. The van der Waals surface area contributed by atoms with Crippen molar-refractivity contribution in [2.24, 2.45) is 10.7 Å². The first-order valence-electron chi connectivity index (χ1n) is 7.34. The van der Waals surface area contributed by atoms with E-state index in [4.69, 9.17) is 17.3 Å². The number of aliphatic imine (C=N–C) groups is 1. The Morgan fingerprint density at radius 2 is 2.08 bits per heavy atom. The quantitative estimate of drug-likeness (QED) is 0.908. The van der Waals surface area contributed by atoms with Crippen LogP contribution in [0.2, 0.25) is 5.02 Å². The molecular weight excluding hydrogens is 331 g/mol. The van der Waals surface area contributed by atoms with Gasteiger partial charge in [0, 0.05) is 18.8 Å². The number of hydrogen-bond donors (Lipinski definition) is 1. The number of halogens is 2. The van der Waals surface area contributed by atoms with Crippen LogP contribution in [0.4, 0.5) is 4.39 Å². The van der Waals surface area contributed by atoms with Crippen LogP contribution < -0.4 is 5.73 Å². The van der Waals surface area contributed by atoms with Crippen LogP contribution in [0.3, 0.4) is 0 Å². The maximum Gasteiger partial charge on any atom is 0.231 e.